The molecule has 4 nitrogen and oxygen atoms in total. The van der Waals surface area contributed by atoms with Gasteiger partial charge in [-0.25, -0.2) is 4.79 Å². The van der Waals surface area contributed by atoms with Crippen molar-refractivity contribution in [2.24, 2.45) is 5.92 Å². The predicted molar refractivity (Wildman–Crippen MR) is 71.2 cm³/mol. The Morgan fingerprint density at radius 1 is 1.56 bits per heavy atom. The lowest BCUT2D eigenvalue weighted by Crippen LogP contribution is -2.28. The van der Waals surface area contributed by atoms with Crippen molar-refractivity contribution in [3.05, 3.63) is 23.5 Å². The Morgan fingerprint density at radius 2 is 2.28 bits per heavy atom. The SMILES string of the molecule is CCCN(CC1CC1)c1cc(C)ncc1C(=O)O. The summed E-state index contributed by atoms with van der Waals surface area (Å²) in [5.74, 6) is -0.152. The number of hydrogen-bond donors (Lipinski definition) is 1. The standard InChI is InChI=1S/C14H20N2O2/c1-3-6-16(9-11-4-5-11)13-7-10(2)15-8-12(13)14(17)18/h7-8,11H,3-6,9H2,1-2H3,(H,17,18). The minimum absolute atomic E-state index is 0.315. The third-order valence-electron chi connectivity index (χ3n) is 3.26. The topological polar surface area (TPSA) is 53.4 Å². The Labute approximate surface area is 108 Å². The van der Waals surface area contributed by atoms with Crippen molar-refractivity contribution >= 4 is 11.7 Å². The summed E-state index contributed by atoms with van der Waals surface area (Å²) < 4.78 is 0. The summed E-state index contributed by atoms with van der Waals surface area (Å²) >= 11 is 0. The van der Waals surface area contributed by atoms with Crippen molar-refractivity contribution in [2.75, 3.05) is 18.0 Å². The van der Waals surface area contributed by atoms with Crippen LogP contribution in [0.2, 0.25) is 0 Å². The van der Waals surface area contributed by atoms with Gasteiger partial charge in [0, 0.05) is 25.0 Å². The van der Waals surface area contributed by atoms with Crippen LogP contribution in [0.5, 0.6) is 0 Å². The van der Waals surface area contributed by atoms with E-state index in [0.29, 0.717) is 5.56 Å². The predicted octanol–water partition coefficient (Wildman–Crippen LogP) is 2.71. The number of carboxylic acids is 1. The number of carbonyl (C=O) groups is 1. The maximum Gasteiger partial charge on any atom is 0.339 e. The maximum absolute atomic E-state index is 11.3. The van der Waals surface area contributed by atoms with E-state index in [4.69, 9.17) is 0 Å². The lowest BCUT2D eigenvalue weighted by atomic mass is 10.1. The van der Waals surface area contributed by atoms with E-state index in [1.54, 1.807) is 0 Å². The maximum atomic E-state index is 11.3. The number of hydrogen-bond acceptors (Lipinski definition) is 3. The molecule has 0 aliphatic heterocycles. The van der Waals surface area contributed by atoms with Crippen LogP contribution >= 0.6 is 0 Å². The van der Waals surface area contributed by atoms with Crippen molar-refractivity contribution < 1.29 is 9.90 Å². The number of rotatable bonds is 6. The van der Waals surface area contributed by atoms with Gasteiger partial charge in [-0.15, -0.1) is 0 Å². The molecule has 0 aromatic carbocycles. The zero-order valence-corrected chi connectivity index (χ0v) is 11.0. The molecule has 1 aromatic heterocycles. The Morgan fingerprint density at radius 3 is 2.83 bits per heavy atom. The third-order valence-corrected chi connectivity index (χ3v) is 3.26. The second-order valence-electron chi connectivity index (χ2n) is 5.04. The highest BCUT2D eigenvalue weighted by Crippen LogP contribution is 2.32. The number of anilines is 1. The van der Waals surface area contributed by atoms with Gasteiger partial charge in [-0.3, -0.25) is 4.98 Å². The lowest BCUT2D eigenvalue weighted by molar-refractivity contribution is 0.0697. The van der Waals surface area contributed by atoms with Crippen molar-refractivity contribution in [1.29, 1.82) is 0 Å². The van der Waals surface area contributed by atoms with Crippen molar-refractivity contribution in [3.63, 3.8) is 0 Å². The Balaban J connectivity index is 2.30. The minimum Gasteiger partial charge on any atom is -0.478 e. The fourth-order valence-corrected chi connectivity index (χ4v) is 2.16. The summed E-state index contributed by atoms with van der Waals surface area (Å²) in [7, 11) is 0. The first-order chi connectivity index (χ1) is 8.61. The molecule has 4 heteroatoms. The molecule has 0 amide bonds. The quantitative estimate of drug-likeness (QED) is 0.841. The van der Waals surface area contributed by atoms with E-state index in [2.05, 4.69) is 16.8 Å². The molecule has 0 radical (unpaired) electrons. The number of pyridine rings is 1. The molecule has 1 aromatic rings. The van der Waals surface area contributed by atoms with Crippen LogP contribution in [0, 0.1) is 12.8 Å². The molecule has 1 heterocycles. The third kappa shape index (κ3) is 3.00. The van der Waals surface area contributed by atoms with Crippen LogP contribution in [0.4, 0.5) is 5.69 Å². The molecule has 1 saturated carbocycles. The van der Waals surface area contributed by atoms with E-state index in [-0.39, 0.29) is 0 Å². The van der Waals surface area contributed by atoms with Gasteiger partial charge in [-0.05, 0) is 38.2 Å². The van der Waals surface area contributed by atoms with E-state index < -0.39 is 5.97 Å². The van der Waals surface area contributed by atoms with Crippen molar-refractivity contribution in [3.8, 4) is 0 Å². The van der Waals surface area contributed by atoms with E-state index in [9.17, 15) is 9.90 Å². The van der Waals surface area contributed by atoms with Gasteiger partial charge in [0.2, 0.25) is 0 Å². The molecule has 1 fully saturated rings. The number of carboxylic acid groups (broad SMARTS) is 1. The lowest BCUT2D eigenvalue weighted by Gasteiger charge is -2.26. The van der Waals surface area contributed by atoms with Crippen LogP contribution in [-0.2, 0) is 0 Å². The Kier molecular flexibility index (Phi) is 3.84. The van der Waals surface area contributed by atoms with E-state index in [0.717, 1.165) is 36.8 Å². The second-order valence-corrected chi connectivity index (χ2v) is 5.04. The van der Waals surface area contributed by atoms with E-state index in [1.807, 2.05) is 13.0 Å². The molecular formula is C14H20N2O2. The van der Waals surface area contributed by atoms with Gasteiger partial charge < -0.3 is 10.0 Å². The summed E-state index contributed by atoms with van der Waals surface area (Å²) in [6.07, 6.45) is 5.04. The van der Waals surface area contributed by atoms with Gasteiger partial charge in [0.1, 0.15) is 5.56 Å². The highest BCUT2D eigenvalue weighted by Gasteiger charge is 2.26. The number of nitrogens with zero attached hydrogens (tertiary/aromatic N) is 2. The minimum atomic E-state index is -0.894. The summed E-state index contributed by atoms with van der Waals surface area (Å²) in [5.41, 5.74) is 2.00. The highest BCUT2D eigenvalue weighted by molar-refractivity contribution is 5.94. The van der Waals surface area contributed by atoms with Crippen molar-refractivity contribution in [1.82, 2.24) is 4.98 Å². The molecule has 1 N–H and O–H groups in total. The summed E-state index contributed by atoms with van der Waals surface area (Å²) in [6, 6.07) is 1.89. The fourth-order valence-electron chi connectivity index (χ4n) is 2.16. The van der Waals surface area contributed by atoms with Gasteiger partial charge in [-0.2, -0.15) is 0 Å². The first kappa shape index (κ1) is 12.9. The van der Waals surface area contributed by atoms with Gasteiger partial charge in [0.05, 0.1) is 5.69 Å². The van der Waals surface area contributed by atoms with Crippen LogP contribution < -0.4 is 4.90 Å². The molecule has 0 spiro atoms. The largest absolute Gasteiger partial charge is 0.478 e. The van der Waals surface area contributed by atoms with Crippen LogP contribution in [0.3, 0.4) is 0 Å². The Bertz CT molecular complexity index is 441. The van der Waals surface area contributed by atoms with Crippen LogP contribution in [-0.4, -0.2) is 29.1 Å². The molecule has 0 bridgehead atoms. The first-order valence-corrected chi connectivity index (χ1v) is 6.56. The van der Waals surface area contributed by atoms with Gasteiger partial charge in [0.25, 0.3) is 0 Å². The number of aromatic carboxylic acids is 1. The number of aromatic nitrogens is 1. The molecule has 0 unspecified atom stereocenters. The normalized spacial score (nSPS) is 14.6. The van der Waals surface area contributed by atoms with E-state index >= 15 is 0 Å². The van der Waals surface area contributed by atoms with E-state index in [1.165, 1.54) is 19.0 Å². The molecule has 1 aliphatic rings. The Hall–Kier alpha value is -1.58. The molecule has 0 atom stereocenters. The zero-order chi connectivity index (χ0) is 13.1. The molecule has 1 aliphatic carbocycles. The van der Waals surface area contributed by atoms with Crippen LogP contribution in [0.1, 0.15) is 42.2 Å². The van der Waals surface area contributed by atoms with Crippen LogP contribution in [0.25, 0.3) is 0 Å². The van der Waals surface area contributed by atoms with Crippen LogP contribution in [0.15, 0.2) is 12.3 Å². The molecule has 98 valence electrons. The molecular weight excluding hydrogens is 228 g/mol. The summed E-state index contributed by atoms with van der Waals surface area (Å²) in [4.78, 5) is 17.6. The zero-order valence-electron chi connectivity index (χ0n) is 11.0. The molecule has 18 heavy (non-hydrogen) atoms. The monoisotopic (exact) mass is 248 g/mol. The average Bonchev–Trinajstić information content (AvgIpc) is 3.12. The second kappa shape index (κ2) is 5.38. The average molecular weight is 248 g/mol. The smallest absolute Gasteiger partial charge is 0.339 e. The van der Waals surface area contributed by atoms with Gasteiger partial charge >= 0.3 is 5.97 Å². The molecule has 2 rings (SSSR count). The molecule has 0 saturated heterocycles. The summed E-state index contributed by atoms with van der Waals surface area (Å²) in [5, 5.41) is 9.26. The first-order valence-electron chi connectivity index (χ1n) is 6.56. The summed E-state index contributed by atoms with van der Waals surface area (Å²) in [6.45, 7) is 5.89. The van der Waals surface area contributed by atoms with Gasteiger partial charge in [-0.1, -0.05) is 6.92 Å². The fraction of sp³-hybridized carbons (Fsp3) is 0.571. The number of aryl methyl sites for hydroxylation is 1. The van der Waals surface area contributed by atoms with Crippen molar-refractivity contribution in [2.45, 2.75) is 33.1 Å². The van der Waals surface area contributed by atoms with Gasteiger partial charge in [0.15, 0.2) is 0 Å². The highest BCUT2D eigenvalue weighted by atomic mass is 16.4.